The molecule has 120 valence electrons. The zero-order valence-electron chi connectivity index (χ0n) is 13.1. The topological polar surface area (TPSA) is 53.9 Å². The van der Waals surface area contributed by atoms with Gasteiger partial charge in [0.1, 0.15) is 11.0 Å². The smallest absolute Gasteiger partial charge is 0.277 e. The van der Waals surface area contributed by atoms with Gasteiger partial charge in [-0.15, -0.1) is 0 Å². The van der Waals surface area contributed by atoms with Crippen LogP contribution in [0, 0.1) is 0 Å². The van der Waals surface area contributed by atoms with Gasteiger partial charge >= 0.3 is 0 Å². The van der Waals surface area contributed by atoms with Crippen LogP contribution in [-0.2, 0) is 6.54 Å². The zero-order chi connectivity index (χ0) is 16.0. The fourth-order valence-corrected chi connectivity index (χ4v) is 3.93. The maximum absolute atomic E-state index is 12.8. The number of benzene rings is 1. The van der Waals surface area contributed by atoms with Gasteiger partial charge in [-0.05, 0) is 38.1 Å². The Morgan fingerprint density at radius 1 is 1.43 bits per heavy atom. The molecule has 0 unspecified atom stereocenters. The second kappa shape index (κ2) is 5.65. The molecule has 1 N–H and O–H groups in total. The minimum absolute atomic E-state index is 0.0229. The van der Waals surface area contributed by atoms with Gasteiger partial charge in [0, 0.05) is 23.5 Å². The molecule has 0 amide bonds. The Morgan fingerprint density at radius 3 is 3.13 bits per heavy atom. The summed E-state index contributed by atoms with van der Waals surface area (Å²) in [7, 11) is 0. The Hall–Kier alpha value is -1.85. The van der Waals surface area contributed by atoms with Crippen molar-refractivity contribution in [2.75, 3.05) is 13.1 Å². The molecule has 1 saturated heterocycles. The maximum atomic E-state index is 12.8. The Kier molecular flexibility index (Phi) is 3.62. The van der Waals surface area contributed by atoms with Crippen LogP contribution >= 0.6 is 11.6 Å². The van der Waals surface area contributed by atoms with Gasteiger partial charge < -0.3 is 4.98 Å². The quantitative estimate of drug-likeness (QED) is 0.803. The Balaban J connectivity index is 1.81. The lowest BCUT2D eigenvalue weighted by atomic mass is 10.2. The third-order valence-corrected chi connectivity index (χ3v) is 5.18. The third kappa shape index (κ3) is 2.35. The minimum atomic E-state index is -0.0229. The molecule has 0 saturated carbocycles. The van der Waals surface area contributed by atoms with Crippen molar-refractivity contribution in [1.29, 1.82) is 0 Å². The van der Waals surface area contributed by atoms with E-state index in [2.05, 4.69) is 21.8 Å². The summed E-state index contributed by atoms with van der Waals surface area (Å²) >= 11 is 6.27. The molecule has 0 radical (unpaired) electrons. The highest BCUT2D eigenvalue weighted by atomic mass is 35.5. The molecule has 1 aromatic carbocycles. The van der Waals surface area contributed by atoms with Crippen molar-refractivity contribution in [1.82, 2.24) is 19.4 Å². The summed E-state index contributed by atoms with van der Waals surface area (Å²) in [5, 5.41) is 1.44. The molecule has 0 bridgehead atoms. The van der Waals surface area contributed by atoms with Gasteiger partial charge in [-0.25, -0.2) is 4.98 Å². The first kappa shape index (κ1) is 14.7. The molecule has 0 aliphatic carbocycles. The number of nitrogens with zero attached hydrogens (tertiary/aromatic N) is 3. The van der Waals surface area contributed by atoms with Crippen LogP contribution in [-0.4, -0.2) is 38.6 Å². The number of fused-ring (bicyclic) bond motifs is 3. The van der Waals surface area contributed by atoms with Crippen LogP contribution in [0.15, 0.2) is 29.3 Å². The summed E-state index contributed by atoms with van der Waals surface area (Å²) in [6, 6.07) is 6.03. The predicted molar refractivity (Wildman–Crippen MR) is 93.1 cm³/mol. The molecule has 3 aromatic rings. The van der Waals surface area contributed by atoms with Gasteiger partial charge in [-0.3, -0.25) is 14.3 Å². The number of likely N-dealkylation sites (N-methyl/N-ethyl adjacent to an activating group) is 1. The van der Waals surface area contributed by atoms with Crippen molar-refractivity contribution >= 4 is 33.5 Å². The number of likely N-dealkylation sites (tertiary alicyclic amines) is 1. The Labute approximate surface area is 138 Å². The summed E-state index contributed by atoms with van der Waals surface area (Å²) < 4.78 is 1.73. The van der Waals surface area contributed by atoms with Gasteiger partial charge in [0.2, 0.25) is 0 Å². The number of hydrogen-bond donors (Lipinski definition) is 1. The molecule has 1 aliphatic heterocycles. The van der Waals surface area contributed by atoms with E-state index in [-0.39, 0.29) is 5.56 Å². The first-order chi connectivity index (χ1) is 11.2. The number of nitrogens with one attached hydrogen (secondary N) is 1. The summed E-state index contributed by atoms with van der Waals surface area (Å²) in [6.45, 7) is 5.01. The molecule has 2 aromatic heterocycles. The fourth-order valence-electron chi connectivity index (χ4n) is 3.67. The molecule has 6 heteroatoms. The van der Waals surface area contributed by atoms with Crippen molar-refractivity contribution in [3.05, 3.63) is 39.9 Å². The van der Waals surface area contributed by atoms with Crippen LogP contribution in [0.3, 0.4) is 0 Å². The van der Waals surface area contributed by atoms with E-state index >= 15 is 0 Å². The standard InChI is InChI=1S/C17H19ClN4O/c1-2-21-8-4-5-11(21)9-22-10-19-15-14-12(18)6-3-7-13(14)20-16(15)17(22)23/h3,6-7,10-11,20H,2,4-5,8-9H2,1H3/t11-/m1/s1. The number of halogens is 1. The molecule has 23 heavy (non-hydrogen) atoms. The molecule has 1 fully saturated rings. The average Bonchev–Trinajstić information content (AvgIpc) is 3.15. The molecule has 0 spiro atoms. The number of aromatic amines is 1. The van der Waals surface area contributed by atoms with E-state index in [0.717, 1.165) is 30.4 Å². The highest BCUT2D eigenvalue weighted by molar-refractivity contribution is 6.37. The second-order valence-electron chi connectivity index (χ2n) is 6.14. The molecule has 1 aliphatic rings. The lowest BCUT2D eigenvalue weighted by Gasteiger charge is -2.23. The summed E-state index contributed by atoms with van der Waals surface area (Å²) in [5.74, 6) is 0. The predicted octanol–water partition coefficient (Wildman–Crippen LogP) is 3.02. The van der Waals surface area contributed by atoms with Gasteiger partial charge in [-0.1, -0.05) is 24.6 Å². The number of hydrogen-bond acceptors (Lipinski definition) is 3. The van der Waals surface area contributed by atoms with Gasteiger partial charge in [0.25, 0.3) is 5.56 Å². The lowest BCUT2D eigenvalue weighted by Crippen LogP contribution is -2.36. The van der Waals surface area contributed by atoms with Crippen molar-refractivity contribution in [3.63, 3.8) is 0 Å². The van der Waals surface area contributed by atoms with Crippen LogP contribution < -0.4 is 5.56 Å². The van der Waals surface area contributed by atoms with Crippen LogP contribution in [0.4, 0.5) is 0 Å². The second-order valence-corrected chi connectivity index (χ2v) is 6.54. The highest BCUT2D eigenvalue weighted by Gasteiger charge is 2.24. The Bertz CT molecular complexity index is 929. The first-order valence-electron chi connectivity index (χ1n) is 8.08. The van der Waals surface area contributed by atoms with Gasteiger partial charge in [-0.2, -0.15) is 0 Å². The van der Waals surface area contributed by atoms with Crippen molar-refractivity contribution in [3.8, 4) is 0 Å². The molecule has 3 heterocycles. The van der Waals surface area contributed by atoms with Crippen LogP contribution in [0.1, 0.15) is 19.8 Å². The van der Waals surface area contributed by atoms with Gasteiger partial charge in [0.05, 0.1) is 11.3 Å². The monoisotopic (exact) mass is 330 g/mol. The van der Waals surface area contributed by atoms with Crippen LogP contribution in [0.2, 0.25) is 5.02 Å². The third-order valence-electron chi connectivity index (χ3n) is 4.86. The van der Waals surface area contributed by atoms with Crippen molar-refractivity contribution in [2.24, 2.45) is 0 Å². The summed E-state index contributed by atoms with van der Waals surface area (Å²) in [5.41, 5.74) is 2.03. The summed E-state index contributed by atoms with van der Waals surface area (Å²) in [4.78, 5) is 22.9. The zero-order valence-corrected chi connectivity index (χ0v) is 13.8. The summed E-state index contributed by atoms with van der Waals surface area (Å²) in [6.07, 6.45) is 4.00. The van der Waals surface area contributed by atoms with E-state index in [1.54, 1.807) is 10.9 Å². The molecule has 1 atom stereocenters. The van der Waals surface area contributed by atoms with E-state index in [1.165, 1.54) is 6.42 Å². The lowest BCUT2D eigenvalue weighted by molar-refractivity contribution is 0.242. The van der Waals surface area contributed by atoms with E-state index in [9.17, 15) is 4.79 Å². The van der Waals surface area contributed by atoms with E-state index in [1.807, 2.05) is 18.2 Å². The highest BCUT2D eigenvalue weighted by Crippen LogP contribution is 2.28. The fraction of sp³-hybridized carbons (Fsp3) is 0.412. The number of H-pyrrole nitrogens is 1. The minimum Gasteiger partial charge on any atom is -0.349 e. The Morgan fingerprint density at radius 2 is 2.30 bits per heavy atom. The maximum Gasteiger partial charge on any atom is 0.277 e. The van der Waals surface area contributed by atoms with E-state index in [4.69, 9.17) is 11.6 Å². The van der Waals surface area contributed by atoms with Crippen molar-refractivity contribution in [2.45, 2.75) is 32.4 Å². The molecule has 4 rings (SSSR count). The average molecular weight is 331 g/mol. The van der Waals surface area contributed by atoms with Crippen LogP contribution in [0.5, 0.6) is 0 Å². The first-order valence-corrected chi connectivity index (χ1v) is 8.46. The van der Waals surface area contributed by atoms with E-state index in [0.29, 0.717) is 28.6 Å². The molecular formula is C17H19ClN4O. The van der Waals surface area contributed by atoms with Crippen LogP contribution in [0.25, 0.3) is 21.9 Å². The van der Waals surface area contributed by atoms with Gasteiger partial charge in [0.15, 0.2) is 0 Å². The largest absolute Gasteiger partial charge is 0.349 e. The number of aromatic nitrogens is 3. The molecular weight excluding hydrogens is 312 g/mol. The normalized spacial score (nSPS) is 19.1. The number of rotatable bonds is 3. The molecule has 5 nitrogen and oxygen atoms in total. The SMILES string of the molecule is CCN1CCC[C@@H]1Cn1cnc2c([nH]c3cccc(Cl)c32)c1=O. The van der Waals surface area contributed by atoms with Crippen molar-refractivity contribution < 1.29 is 0 Å². The van der Waals surface area contributed by atoms with E-state index < -0.39 is 0 Å².